The fourth-order valence-electron chi connectivity index (χ4n) is 2.79. The SMILES string of the molecule is CC(N)C1CCCN(C(=O)CCCOc2ccccc2Br)C1.Cl. The van der Waals surface area contributed by atoms with Crippen LogP contribution in [0.25, 0.3) is 0 Å². The monoisotopic (exact) mass is 404 g/mol. The van der Waals surface area contributed by atoms with Crippen LogP contribution in [0, 0.1) is 5.92 Å². The van der Waals surface area contributed by atoms with Crippen molar-refractivity contribution in [3.8, 4) is 5.75 Å². The number of nitrogens with two attached hydrogens (primary N) is 1. The highest BCUT2D eigenvalue weighted by Gasteiger charge is 2.25. The Kier molecular flexibility index (Phi) is 8.95. The first-order chi connectivity index (χ1) is 10.6. The van der Waals surface area contributed by atoms with Crippen molar-refractivity contribution in [2.75, 3.05) is 19.7 Å². The zero-order valence-electron chi connectivity index (χ0n) is 13.5. The highest BCUT2D eigenvalue weighted by atomic mass is 79.9. The zero-order valence-corrected chi connectivity index (χ0v) is 15.9. The first-order valence-corrected chi connectivity index (χ1v) is 8.78. The van der Waals surface area contributed by atoms with Gasteiger partial charge in [-0.2, -0.15) is 0 Å². The minimum Gasteiger partial charge on any atom is -0.492 e. The lowest BCUT2D eigenvalue weighted by molar-refractivity contribution is -0.133. The summed E-state index contributed by atoms with van der Waals surface area (Å²) in [5.41, 5.74) is 5.97. The molecule has 2 unspecified atom stereocenters. The molecule has 1 aromatic carbocycles. The molecule has 1 fully saturated rings. The molecule has 6 heteroatoms. The maximum absolute atomic E-state index is 12.3. The second-order valence-corrected chi connectivity index (χ2v) is 6.84. The number of hydrogen-bond donors (Lipinski definition) is 1. The van der Waals surface area contributed by atoms with Crippen LogP contribution in [0.2, 0.25) is 0 Å². The summed E-state index contributed by atoms with van der Waals surface area (Å²) in [5, 5.41) is 0. The number of likely N-dealkylation sites (tertiary alicyclic amines) is 1. The number of ether oxygens (including phenoxy) is 1. The van der Waals surface area contributed by atoms with E-state index >= 15 is 0 Å². The van der Waals surface area contributed by atoms with Gasteiger partial charge in [0.2, 0.25) is 5.91 Å². The Morgan fingerprint density at radius 1 is 1.48 bits per heavy atom. The van der Waals surface area contributed by atoms with Gasteiger partial charge >= 0.3 is 0 Å². The van der Waals surface area contributed by atoms with E-state index in [4.69, 9.17) is 10.5 Å². The molecule has 2 rings (SSSR count). The Labute approximate surface area is 153 Å². The van der Waals surface area contributed by atoms with Crippen LogP contribution in [0.1, 0.15) is 32.6 Å². The highest BCUT2D eigenvalue weighted by molar-refractivity contribution is 9.10. The number of nitrogens with zero attached hydrogens (tertiary/aromatic N) is 1. The van der Waals surface area contributed by atoms with Crippen LogP contribution in [0.15, 0.2) is 28.7 Å². The minimum atomic E-state index is 0. The molecular weight excluding hydrogens is 380 g/mol. The number of halogens is 2. The molecule has 0 aromatic heterocycles. The van der Waals surface area contributed by atoms with Crippen LogP contribution in [0.5, 0.6) is 5.75 Å². The number of rotatable bonds is 6. The van der Waals surface area contributed by atoms with Crippen LogP contribution in [-0.4, -0.2) is 36.5 Å². The van der Waals surface area contributed by atoms with Gasteiger partial charge < -0.3 is 15.4 Å². The van der Waals surface area contributed by atoms with Crippen molar-refractivity contribution in [1.82, 2.24) is 4.90 Å². The van der Waals surface area contributed by atoms with Gasteiger partial charge in [0, 0.05) is 25.6 Å². The Morgan fingerprint density at radius 3 is 2.91 bits per heavy atom. The number of para-hydroxylation sites is 1. The van der Waals surface area contributed by atoms with E-state index in [0.29, 0.717) is 18.9 Å². The van der Waals surface area contributed by atoms with Gasteiger partial charge in [-0.3, -0.25) is 4.79 Å². The topological polar surface area (TPSA) is 55.6 Å². The van der Waals surface area contributed by atoms with Crippen LogP contribution < -0.4 is 10.5 Å². The molecule has 2 atom stereocenters. The molecule has 2 N–H and O–H groups in total. The van der Waals surface area contributed by atoms with Crippen molar-refractivity contribution in [3.05, 3.63) is 28.7 Å². The van der Waals surface area contributed by atoms with E-state index in [2.05, 4.69) is 15.9 Å². The number of amides is 1. The van der Waals surface area contributed by atoms with Gasteiger partial charge in [-0.25, -0.2) is 0 Å². The highest BCUT2D eigenvalue weighted by Crippen LogP contribution is 2.24. The van der Waals surface area contributed by atoms with Crippen molar-refractivity contribution in [2.45, 2.75) is 38.6 Å². The summed E-state index contributed by atoms with van der Waals surface area (Å²) in [7, 11) is 0. The molecule has 130 valence electrons. The summed E-state index contributed by atoms with van der Waals surface area (Å²) in [4.78, 5) is 14.2. The summed E-state index contributed by atoms with van der Waals surface area (Å²) < 4.78 is 6.64. The maximum atomic E-state index is 12.3. The van der Waals surface area contributed by atoms with Crippen LogP contribution in [-0.2, 0) is 4.79 Å². The molecule has 1 amide bonds. The van der Waals surface area contributed by atoms with Crippen molar-refractivity contribution >= 4 is 34.2 Å². The molecule has 1 aromatic rings. The minimum absolute atomic E-state index is 0. The van der Waals surface area contributed by atoms with E-state index < -0.39 is 0 Å². The zero-order chi connectivity index (χ0) is 15.9. The van der Waals surface area contributed by atoms with E-state index in [1.54, 1.807) is 0 Å². The summed E-state index contributed by atoms with van der Waals surface area (Å²) in [5.74, 6) is 1.49. The van der Waals surface area contributed by atoms with Gasteiger partial charge in [0.15, 0.2) is 0 Å². The Bertz CT molecular complexity index is 499. The molecule has 0 aliphatic carbocycles. The third-order valence-corrected chi connectivity index (χ3v) is 4.84. The predicted molar refractivity (Wildman–Crippen MR) is 99.1 cm³/mol. The summed E-state index contributed by atoms with van der Waals surface area (Å²) in [6.45, 7) is 4.26. The largest absolute Gasteiger partial charge is 0.492 e. The van der Waals surface area contributed by atoms with Crippen LogP contribution >= 0.6 is 28.3 Å². The molecule has 1 aliphatic rings. The molecule has 0 spiro atoms. The number of carbonyl (C=O) groups excluding carboxylic acids is 1. The lowest BCUT2D eigenvalue weighted by Crippen LogP contribution is -2.45. The van der Waals surface area contributed by atoms with E-state index in [-0.39, 0.29) is 24.4 Å². The summed E-state index contributed by atoms with van der Waals surface area (Å²) in [6.07, 6.45) is 3.47. The second-order valence-electron chi connectivity index (χ2n) is 5.98. The van der Waals surface area contributed by atoms with Crippen molar-refractivity contribution in [1.29, 1.82) is 0 Å². The molecule has 1 aliphatic heterocycles. The van der Waals surface area contributed by atoms with Crippen molar-refractivity contribution < 1.29 is 9.53 Å². The van der Waals surface area contributed by atoms with E-state index in [9.17, 15) is 4.79 Å². The van der Waals surface area contributed by atoms with E-state index in [1.807, 2.05) is 36.1 Å². The van der Waals surface area contributed by atoms with Crippen LogP contribution in [0.3, 0.4) is 0 Å². The molecular formula is C17H26BrClN2O2. The van der Waals surface area contributed by atoms with Gasteiger partial charge in [0.05, 0.1) is 11.1 Å². The van der Waals surface area contributed by atoms with Gasteiger partial charge in [-0.05, 0) is 60.2 Å². The molecule has 1 saturated heterocycles. The average molecular weight is 406 g/mol. The Balaban J connectivity index is 0.00000264. The van der Waals surface area contributed by atoms with Gasteiger partial charge in [-0.15, -0.1) is 12.4 Å². The van der Waals surface area contributed by atoms with Gasteiger partial charge in [-0.1, -0.05) is 12.1 Å². The quantitative estimate of drug-likeness (QED) is 0.735. The fourth-order valence-corrected chi connectivity index (χ4v) is 3.19. The first-order valence-electron chi connectivity index (χ1n) is 7.98. The Hall–Kier alpha value is -0.780. The smallest absolute Gasteiger partial charge is 0.222 e. The number of piperidine rings is 1. The fraction of sp³-hybridized carbons (Fsp3) is 0.588. The number of hydrogen-bond acceptors (Lipinski definition) is 3. The van der Waals surface area contributed by atoms with E-state index in [1.165, 1.54) is 0 Å². The lowest BCUT2D eigenvalue weighted by atomic mass is 9.92. The van der Waals surface area contributed by atoms with Crippen molar-refractivity contribution in [3.63, 3.8) is 0 Å². The maximum Gasteiger partial charge on any atom is 0.222 e. The normalized spacial score (nSPS) is 18.9. The average Bonchev–Trinajstić information content (AvgIpc) is 2.53. The summed E-state index contributed by atoms with van der Waals surface area (Å²) >= 11 is 3.45. The van der Waals surface area contributed by atoms with E-state index in [0.717, 1.165) is 42.6 Å². The van der Waals surface area contributed by atoms with Gasteiger partial charge in [0.25, 0.3) is 0 Å². The first kappa shape index (κ1) is 20.3. The third-order valence-electron chi connectivity index (χ3n) is 4.18. The number of carbonyl (C=O) groups is 1. The van der Waals surface area contributed by atoms with Crippen molar-refractivity contribution in [2.24, 2.45) is 11.7 Å². The lowest BCUT2D eigenvalue weighted by Gasteiger charge is -2.34. The molecule has 0 saturated carbocycles. The van der Waals surface area contributed by atoms with Crippen LogP contribution in [0.4, 0.5) is 0 Å². The molecule has 4 nitrogen and oxygen atoms in total. The molecule has 1 heterocycles. The molecule has 0 bridgehead atoms. The second kappa shape index (κ2) is 10.2. The number of benzene rings is 1. The van der Waals surface area contributed by atoms with Gasteiger partial charge in [0.1, 0.15) is 5.75 Å². The standard InChI is InChI=1S/C17H25BrN2O2.ClH/c1-13(19)14-6-4-10-20(12-14)17(21)9-5-11-22-16-8-3-2-7-15(16)18;/h2-3,7-8,13-14H,4-6,9-12,19H2,1H3;1H. The molecule has 23 heavy (non-hydrogen) atoms. The third kappa shape index (κ3) is 6.32. The predicted octanol–water partition coefficient (Wildman–Crippen LogP) is 3.62. The summed E-state index contributed by atoms with van der Waals surface area (Å²) in [6, 6.07) is 7.92. The Morgan fingerprint density at radius 2 is 2.22 bits per heavy atom. The molecule has 0 radical (unpaired) electrons.